The monoisotopic (exact) mass is 793 g/mol. The molecule has 2 aliphatic carbocycles. The van der Waals surface area contributed by atoms with Crippen molar-refractivity contribution in [3.63, 3.8) is 0 Å². The maximum absolute atomic E-state index is 14.9. The van der Waals surface area contributed by atoms with Crippen molar-refractivity contribution >= 4 is 44.4 Å². The summed E-state index contributed by atoms with van der Waals surface area (Å²) in [6.07, 6.45) is 8.17. The number of nitrogens with one attached hydrogen (secondary N) is 1. The smallest absolute Gasteiger partial charge is 0.307 e. The van der Waals surface area contributed by atoms with Gasteiger partial charge >= 0.3 is 5.97 Å². The number of sulfonamides is 1. The van der Waals surface area contributed by atoms with Crippen molar-refractivity contribution in [2.45, 2.75) is 142 Å². The number of amides is 2. The first-order valence-corrected chi connectivity index (χ1v) is 21.7. The van der Waals surface area contributed by atoms with E-state index in [1.165, 1.54) is 4.90 Å². The number of nitrogens with zero attached hydrogens (tertiary/aromatic N) is 2. The number of aromatic nitrogens is 1. The maximum atomic E-state index is 14.9. The van der Waals surface area contributed by atoms with E-state index in [4.69, 9.17) is 14.2 Å². The molecule has 0 spiro atoms. The number of pyridine rings is 1. The first-order valence-electron chi connectivity index (χ1n) is 20.2. The van der Waals surface area contributed by atoms with Crippen LogP contribution in [0, 0.1) is 29.1 Å². The third-order valence-electron chi connectivity index (χ3n) is 12.0. The van der Waals surface area contributed by atoms with E-state index in [0.29, 0.717) is 37.3 Å². The van der Waals surface area contributed by atoms with Gasteiger partial charge < -0.3 is 19.1 Å². The van der Waals surface area contributed by atoms with Gasteiger partial charge in [0.1, 0.15) is 17.5 Å². The van der Waals surface area contributed by atoms with E-state index in [-0.39, 0.29) is 61.4 Å². The van der Waals surface area contributed by atoms with Gasteiger partial charge in [-0.05, 0) is 127 Å². The number of allylic oxidation sites excluding steroid dienone is 2. The van der Waals surface area contributed by atoms with Crippen LogP contribution in [0.5, 0.6) is 11.6 Å². The quantitative estimate of drug-likeness (QED) is 0.214. The van der Waals surface area contributed by atoms with E-state index in [2.05, 4.69) is 16.6 Å². The Bertz CT molecular complexity index is 1980. The minimum atomic E-state index is -3.95. The standard InChI is InChI=1S/C43H59N3O9S/c1-26(2)53-31-13-14-33-29(20-31)15-18-44-38(33)54-32-21-35-36(47)24-43(40(50)45-56(51,52)42(8)16-17-42)23-30(43)12-10-9-11-27(3)19-28(4)34(39(49)46(35)25-32)22-37(48)55-41(5,6)7/h10,12-15,18,20,26-28,30,32,34-35H,9,11,16-17,19,21-25H2,1-8H3,(H,45,50)/b12-10-/t27-,28+,30+,32+,34-,35-,43+/m0/s1. The Hall–Kier alpha value is -4.00. The molecule has 3 heterocycles. The third-order valence-corrected chi connectivity index (χ3v) is 14.1. The first kappa shape index (κ1) is 41.6. The molecule has 3 fully saturated rings. The summed E-state index contributed by atoms with van der Waals surface area (Å²) in [5.74, 6) is -1.90. The Kier molecular flexibility index (Phi) is 11.7. The van der Waals surface area contributed by atoms with Crippen molar-refractivity contribution in [1.82, 2.24) is 14.6 Å². The van der Waals surface area contributed by atoms with Crippen LogP contribution in [0.25, 0.3) is 10.8 Å². The number of carbonyl (C=O) groups excluding carboxylic acids is 4. The van der Waals surface area contributed by atoms with Gasteiger partial charge in [0.15, 0.2) is 5.78 Å². The van der Waals surface area contributed by atoms with Gasteiger partial charge in [-0.15, -0.1) is 0 Å². The molecule has 2 aromatic rings. The Morgan fingerprint density at radius 1 is 1.09 bits per heavy atom. The van der Waals surface area contributed by atoms with Gasteiger partial charge in [-0.2, -0.15) is 0 Å². The molecular formula is C43H59N3O9S. The van der Waals surface area contributed by atoms with E-state index >= 15 is 0 Å². The number of rotatable bonds is 9. The van der Waals surface area contributed by atoms with Crippen LogP contribution >= 0.6 is 0 Å². The average molecular weight is 794 g/mol. The predicted molar refractivity (Wildman–Crippen MR) is 212 cm³/mol. The van der Waals surface area contributed by atoms with Crippen LogP contribution in [0.4, 0.5) is 0 Å². The lowest BCUT2D eigenvalue weighted by atomic mass is 9.82. The Labute approximate surface area is 331 Å². The molecule has 56 heavy (non-hydrogen) atoms. The van der Waals surface area contributed by atoms with E-state index in [0.717, 1.165) is 23.6 Å². The van der Waals surface area contributed by atoms with E-state index < -0.39 is 55.7 Å². The zero-order chi connectivity index (χ0) is 40.8. The van der Waals surface area contributed by atoms with Crippen LogP contribution in [0.1, 0.15) is 113 Å². The molecule has 12 nitrogen and oxygen atoms in total. The van der Waals surface area contributed by atoms with Gasteiger partial charge in [-0.3, -0.25) is 23.9 Å². The normalized spacial score (nSPS) is 30.1. The van der Waals surface area contributed by atoms with Crippen molar-refractivity contribution < 1.29 is 41.8 Å². The molecule has 7 atom stereocenters. The topological polar surface area (TPSA) is 158 Å². The van der Waals surface area contributed by atoms with Gasteiger partial charge in [0.05, 0.1) is 41.2 Å². The lowest BCUT2D eigenvalue weighted by Gasteiger charge is -2.32. The molecule has 6 rings (SSSR count). The minimum absolute atomic E-state index is 0.00701. The number of hydrogen-bond donors (Lipinski definition) is 1. The fourth-order valence-corrected chi connectivity index (χ4v) is 9.71. The van der Waals surface area contributed by atoms with Crippen molar-refractivity contribution in [1.29, 1.82) is 0 Å². The highest BCUT2D eigenvalue weighted by Crippen LogP contribution is 2.57. The summed E-state index contributed by atoms with van der Waals surface area (Å²) in [4.78, 5) is 62.9. The highest BCUT2D eigenvalue weighted by atomic mass is 32.2. The molecule has 1 N–H and O–H groups in total. The molecule has 1 saturated heterocycles. The van der Waals surface area contributed by atoms with E-state index in [1.807, 2.05) is 57.2 Å². The molecule has 2 amide bonds. The number of carbonyl (C=O) groups is 4. The summed E-state index contributed by atoms with van der Waals surface area (Å²) >= 11 is 0. The summed E-state index contributed by atoms with van der Waals surface area (Å²) < 4.78 is 45.9. The summed E-state index contributed by atoms with van der Waals surface area (Å²) in [5.41, 5.74) is -2.01. The molecular weight excluding hydrogens is 735 g/mol. The number of esters is 1. The number of Topliss-reactive ketones (excluding diaryl/α,β-unsaturated/α-hetero) is 1. The maximum Gasteiger partial charge on any atom is 0.307 e. The van der Waals surface area contributed by atoms with Gasteiger partial charge in [0.25, 0.3) is 0 Å². The van der Waals surface area contributed by atoms with E-state index in [9.17, 15) is 27.6 Å². The van der Waals surface area contributed by atoms with Crippen LogP contribution in [0.2, 0.25) is 0 Å². The molecule has 2 aliphatic heterocycles. The molecule has 2 saturated carbocycles. The number of fused-ring (bicyclic) bond motifs is 3. The van der Waals surface area contributed by atoms with Crippen LogP contribution in [-0.2, 0) is 33.9 Å². The molecule has 1 aromatic carbocycles. The molecule has 4 aliphatic rings. The summed E-state index contributed by atoms with van der Waals surface area (Å²) in [6, 6.07) is 6.52. The first-order chi connectivity index (χ1) is 26.2. The summed E-state index contributed by atoms with van der Waals surface area (Å²) in [5, 5.41) is 1.59. The second-order valence-electron chi connectivity index (χ2n) is 18.4. The van der Waals surface area contributed by atoms with Crippen LogP contribution < -0.4 is 14.2 Å². The van der Waals surface area contributed by atoms with Gasteiger partial charge in [0.2, 0.25) is 27.7 Å². The van der Waals surface area contributed by atoms with Crippen LogP contribution in [0.15, 0.2) is 42.6 Å². The lowest BCUT2D eigenvalue weighted by molar-refractivity contribution is -0.160. The fraction of sp³-hybridized carbons (Fsp3) is 0.651. The third kappa shape index (κ3) is 9.24. The van der Waals surface area contributed by atoms with Gasteiger partial charge in [-0.1, -0.05) is 26.0 Å². The molecule has 0 radical (unpaired) electrons. The van der Waals surface area contributed by atoms with Crippen molar-refractivity contribution in [2.24, 2.45) is 29.1 Å². The van der Waals surface area contributed by atoms with Gasteiger partial charge in [-0.25, -0.2) is 13.4 Å². The molecule has 0 unspecified atom stereocenters. The SMILES string of the molecule is CC(C)Oc1ccc2c(O[C@@H]3C[C@H]4C(=O)C[C@]5(C(=O)NS(=O)(=O)C6(C)CC6)C[C@H]5/C=C\CC[C@H](C)C[C@@H](C)[C@H](CC(=O)OC(C)(C)C)C(=O)N4C3)nccc2c1. The largest absolute Gasteiger partial charge is 0.491 e. The zero-order valence-electron chi connectivity index (χ0n) is 34.1. The van der Waals surface area contributed by atoms with Crippen LogP contribution in [-0.4, -0.2) is 77.0 Å². The van der Waals surface area contributed by atoms with E-state index in [1.54, 1.807) is 33.9 Å². The minimum Gasteiger partial charge on any atom is -0.491 e. The second kappa shape index (κ2) is 15.7. The second-order valence-corrected chi connectivity index (χ2v) is 20.6. The molecule has 1 aromatic heterocycles. The highest BCUT2D eigenvalue weighted by Gasteiger charge is 2.62. The average Bonchev–Trinajstić information content (AvgIpc) is 3.97. The van der Waals surface area contributed by atoms with Crippen molar-refractivity contribution in [3.05, 3.63) is 42.6 Å². The van der Waals surface area contributed by atoms with Crippen molar-refractivity contribution in [3.8, 4) is 11.6 Å². The Balaban J connectivity index is 1.34. The Morgan fingerprint density at radius 2 is 1.82 bits per heavy atom. The van der Waals surface area contributed by atoms with Gasteiger partial charge in [0, 0.05) is 24.4 Å². The molecule has 306 valence electrons. The number of ether oxygens (including phenoxy) is 3. The molecule has 13 heteroatoms. The highest BCUT2D eigenvalue weighted by molar-refractivity contribution is 7.91. The van der Waals surface area contributed by atoms with Crippen molar-refractivity contribution in [2.75, 3.05) is 6.54 Å². The zero-order valence-corrected chi connectivity index (χ0v) is 34.9. The van der Waals surface area contributed by atoms with Crippen LogP contribution in [0.3, 0.4) is 0 Å². The predicted octanol–water partition coefficient (Wildman–Crippen LogP) is 6.69. The summed E-state index contributed by atoms with van der Waals surface area (Å²) in [7, 11) is -3.95. The fourth-order valence-electron chi connectivity index (χ4n) is 8.37. The number of ketones is 1. The Morgan fingerprint density at radius 3 is 2.50 bits per heavy atom. The summed E-state index contributed by atoms with van der Waals surface area (Å²) in [6.45, 7) is 15.0. The number of benzene rings is 1. The number of hydrogen-bond acceptors (Lipinski definition) is 10. The lowest BCUT2D eigenvalue weighted by Crippen LogP contribution is -2.48. The molecule has 0 bridgehead atoms.